The van der Waals surface area contributed by atoms with Gasteiger partial charge in [-0.2, -0.15) is 0 Å². The summed E-state index contributed by atoms with van der Waals surface area (Å²) < 4.78 is 2.12. The van der Waals surface area contributed by atoms with E-state index >= 15 is 0 Å². The van der Waals surface area contributed by atoms with Crippen LogP contribution in [0.3, 0.4) is 0 Å². The molecule has 6 heteroatoms. The van der Waals surface area contributed by atoms with Crippen LogP contribution in [0.4, 0.5) is 5.13 Å². The molecule has 0 saturated heterocycles. The maximum Gasteiger partial charge on any atom is 0.205 e. The molecule has 3 aromatic rings. The van der Waals surface area contributed by atoms with Gasteiger partial charge >= 0.3 is 0 Å². The van der Waals surface area contributed by atoms with Gasteiger partial charge in [0.25, 0.3) is 0 Å². The minimum absolute atomic E-state index is 0.771. The van der Waals surface area contributed by atoms with Gasteiger partial charge in [0.2, 0.25) is 5.13 Å². The summed E-state index contributed by atoms with van der Waals surface area (Å²) in [7, 11) is 2.05. The van der Waals surface area contributed by atoms with Crippen LogP contribution >= 0.6 is 22.9 Å². The number of hydrogen-bond donors (Lipinski definition) is 1. The highest BCUT2D eigenvalue weighted by Gasteiger charge is 2.07. The zero-order valence-electron chi connectivity index (χ0n) is 11.4. The van der Waals surface area contributed by atoms with Crippen LogP contribution in [0, 0.1) is 6.92 Å². The maximum atomic E-state index is 6.05. The molecule has 0 aliphatic heterocycles. The monoisotopic (exact) mass is 306 g/mol. The average Bonchev–Trinajstić information content (AvgIpc) is 2.95. The standard InChI is InChI=1S/C14H15ClN4S/c1-9-17-18-14(20-9)16-6-5-10-8-19(2)13-7-11(15)3-4-12(10)13/h3-4,7-8H,5-6H2,1-2H3,(H,16,18). The van der Waals surface area contributed by atoms with Crippen LogP contribution in [-0.4, -0.2) is 21.3 Å². The molecular formula is C14H15ClN4S. The molecule has 0 radical (unpaired) electrons. The number of hydrogen-bond acceptors (Lipinski definition) is 4. The summed E-state index contributed by atoms with van der Waals surface area (Å²) in [5.74, 6) is 0. The summed E-state index contributed by atoms with van der Waals surface area (Å²) in [6, 6.07) is 6.03. The molecule has 104 valence electrons. The van der Waals surface area contributed by atoms with Crippen molar-refractivity contribution >= 4 is 39.0 Å². The summed E-state index contributed by atoms with van der Waals surface area (Å²) in [5, 5.41) is 15.2. The van der Waals surface area contributed by atoms with Crippen molar-refractivity contribution in [2.75, 3.05) is 11.9 Å². The van der Waals surface area contributed by atoms with Crippen molar-refractivity contribution in [3.05, 3.63) is 40.0 Å². The Bertz CT molecular complexity index is 747. The summed E-state index contributed by atoms with van der Waals surface area (Å²) in [5.41, 5.74) is 2.48. The average molecular weight is 307 g/mol. The van der Waals surface area contributed by atoms with Gasteiger partial charge in [-0.15, -0.1) is 10.2 Å². The third-order valence-corrected chi connectivity index (χ3v) is 4.26. The van der Waals surface area contributed by atoms with Gasteiger partial charge in [0, 0.05) is 35.7 Å². The molecule has 0 aliphatic rings. The highest BCUT2D eigenvalue weighted by molar-refractivity contribution is 7.15. The summed E-state index contributed by atoms with van der Waals surface area (Å²) in [6.45, 7) is 2.80. The van der Waals surface area contributed by atoms with E-state index in [9.17, 15) is 0 Å². The molecule has 0 saturated carbocycles. The van der Waals surface area contributed by atoms with E-state index in [-0.39, 0.29) is 0 Å². The summed E-state index contributed by atoms with van der Waals surface area (Å²) in [6.07, 6.45) is 3.10. The first-order valence-corrected chi connectivity index (χ1v) is 7.60. The number of fused-ring (bicyclic) bond motifs is 1. The SMILES string of the molecule is Cc1nnc(NCCc2cn(C)c3cc(Cl)ccc23)s1. The van der Waals surface area contributed by atoms with Crippen molar-refractivity contribution < 1.29 is 0 Å². The molecule has 0 spiro atoms. The van der Waals surface area contributed by atoms with Gasteiger partial charge in [-0.3, -0.25) is 0 Å². The van der Waals surface area contributed by atoms with Crippen LogP contribution in [0.1, 0.15) is 10.6 Å². The topological polar surface area (TPSA) is 42.7 Å². The third-order valence-electron chi connectivity index (χ3n) is 3.23. The van der Waals surface area contributed by atoms with Crippen LogP contribution in [0.15, 0.2) is 24.4 Å². The number of aromatic nitrogens is 3. The fourth-order valence-corrected chi connectivity index (χ4v) is 3.10. The number of halogens is 1. The van der Waals surface area contributed by atoms with E-state index in [2.05, 4.69) is 32.3 Å². The highest BCUT2D eigenvalue weighted by atomic mass is 35.5. The van der Waals surface area contributed by atoms with E-state index in [1.54, 1.807) is 11.3 Å². The summed E-state index contributed by atoms with van der Waals surface area (Å²) >= 11 is 7.62. The molecule has 4 nitrogen and oxygen atoms in total. The molecule has 1 aromatic carbocycles. The first kappa shape index (κ1) is 13.4. The normalized spacial score (nSPS) is 11.2. The molecule has 2 aromatic heterocycles. The Kier molecular flexibility index (Phi) is 3.63. The van der Waals surface area contributed by atoms with Crippen LogP contribution in [0.2, 0.25) is 5.02 Å². The maximum absolute atomic E-state index is 6.05. The van der Waals surface area contributed by atoms with Crippen LogP contribution in [-0.2, 0) is 13.5 Å². The predicted molar refractivity (Wildman–Crippen MR) is 84.8 cm³/mol. The molecule has 0 aliphatic carbocycles. The van der Waals surface area contributed by atoms with E-state index in [0.29, 0.717) is 0 Å². The van der Waals surface area contributed by atoms with Gasteiger partial charge in [0.05, 0.1) is 0 Å². The van der Waals surface area contributed by atoms with Gasteiger partial charge in [0.1, 0.15) is 5.01 Å². The molecule has 0 atom stereocenters. The van der Waals surface area contributed by atoms with Crippen molar-refractivity contribution in [3.8, 4) is 0 Å². The van der Waals surface area contributed by atoms with Gasteiger partial charge in [0.15, 0.2) is 0 Å². The minimum atomic E-state index is 0.771. The lowest BCUT2D eigenvalue weighted by Crippen LogP contribution is -2.04. The van der Waals surface area contributed by atoms with E-state index in [4.69, 9.17) is 11.6 Å². The van der Waals surface area contributed by atoms with Crippen molar-refractivity contribution in [1.82, 2.24) is 14.8 Å². The molecule has 2 heterocycles. The Morgan fingerprint density at radius 1 is 1.35 bits per heavy atom. The molecule has 20 heavy (non-hydrogen) atoms. The van der Waals surface area contributed by atoms with Crippen molar-refractivity contribution in [1.29, 1.82) is 0 Å². The molecule has 1 N–H and O–H groups in total. The Morgan fingerprint density at radius 2 is 2.20 bits per heavy atom. The molecule has 0 unspecified atom stereocenters. The number of nitrogens with zero attached hydrogens (tertiary/aromatic N) is 3. The zero-order valence-corrected chi connectivity index (χ0v) is 12.9. The minimum Gasteiger partial charge on any atom is -0.360 e. The van der Waals surface area contributed by atoms with Crippen LogP contribution in [0.5, 0.6) is 0 Å². The molecule has 3 rings (SSSR count). The van der Waals surface area contributed by atoms with E-state index in [1.807, 2.05) is 26.1 Å². The Morgan fingerprint density at radius 3 is 2.95 bits per heavy atom. The number of aryl methyl sites for hydroxylation is 2. The second kappa shape index (κ2) is 5.42. The molecule has 0 bridgehead atoms. The second-order valence-electron chi connectivity index (χ2n) is 4.73. The molecule has 0 fully saturated rings. The first-order valence-electron chi connectivity index (χ1n) is 6.41. The van der Waals surface area contributed by atoms with E-state index in [0.717, 1.165) is 28.1 Å². The largest absolute Gasteiger partial charge is 0.360 e. The van der Waals surface area contributed by atoms with Crippen LogP contribution in [0.25, 0.3) is 10.9 Å². The van der Waals surface area contributed by atoms with Crippen molar-refractivity contribution in [2.45, 2.75) is 13.3 Å². The van der Waals surface area contributed by atoms with Crippen molar-refractivity contribution in [3.63, 3.8) is 0 Å². The quantitative estimate of drug-likeness (QED) is 0.800. The second-order valence-corrected chi connectivity index (χ2v) is 6.35. The number of rotatable bonds is 4. The predicted octanol–water partition coefficient (Wildman–Crippen LogP) is 3.65. The fourth-order valence-electron chi connectivity index (χ4n) is 2.31. The first-order chi connectivity index (χ1) is 9.63. The lowest BCUT2D eigenvalue weighted by Gasteiger charge is -2.01. The van der Waals surface area contributed by atoms with Crippen LogP contribution < -0.4 is 5.32 Å². The van der Waals surface area contributed by atoms with E-state index < -0.39 is 0 Å². The van der Waals surface area contributed by atoms with Gasteiger partial charge in [-0.05, 0) is 31.0 Å². The number of benzene rings is 1. The Labute approximate surface area is 126 Å². The molecule has 0 amide bonds. The lowest BCUT2D eigenvalue weighted by atomic mass is 10.1. The lowest BCUT2D eigenvalue weighted by molar-refractivity contribution is 0.939. The zero-order chi connectivity index (χ0) is 14.1. The highest BCUT2D eigenvalue weighted by Crippen LogP contribution is 2.24. The third kappa shape index (κ3) is 2.64. The summed E-state index contributed by atoms with van der Waals surface area (Å²) in [4.78, 5) is 0. The fraction of sp³-hybridized carbons (Fsp3) is 0.286. The number of anilines is 1. The Balaban J connectivity index is 1.74. The van der Waals surface area contributed by atoms with Gasteiger partial charge in [-0.25, -0.2) is 0 Å². The molecular weight excluding hydrogens is 292 g/mol. The number of nitrogens with one attached hydrogen (secondary N) is 1. The smallest absolute Gasteiger partial charge is 0.205 e. The van der Waals surface area contributed by atoms with Gasteiger partial charge in [-0.1, -0.05) is 29.0 Å². The van der Waals surface area contributed by atoms with E-state index in [1.165, 1.54) is 16.5 Å². The van der Waals surface area contributed by atoms with Crippen molar-refractivity contribution in [2.24, 2.45) is 7.05 Å². The Hall–Kier alpha value is -1.59. The van der Waals surface area contributed by atoms with Gasteiger partial charge < -0.3 is 9.88 Å².